The van der Waals surface area contributed by atoms with Crippen molar-refractivity contribution >= 4 is 29.1 Å². The molecule has 2 aliphatic carbocycles. The average Bonchev–Trinajstić information content (AvgIpc) is 3.36. The Morgan fingerprint density at radius 1 is 1.18 bits per heavy atom. The molecule has 2 amide bonds. The van der Waals surface area contributed by atoms with Crippen molar-refractivity contribution in [2.75, 3.05) is 18.4 Å². The number of carbonyl (C=O) groups excluding carboxylic acids is 2. The van der Waals surface area contributed by atoms with Crippen molar-refractivity contribution in [2.24, 2.45) is 5.92 Å². The van der Waals surface area contributed by atoms with Gasteiger partial charge in [-0.05, 0) is 56.3 Å². The van der Waals surface area contributed by atoms with Crippen molar-refractivity contribution in [2.45, 2.75) is 31.7 Å². The van der Waals surface area contributed by atoms with Gasteiger partial charge in [0, 0.05) is 11.7 Å². The molecule has 0 aliphatic heterocycles. The van der Waals surface area contributed by atoms with Crippen molar-refractivity contribution < 1.29 is 9.59 Å². The standard InChI is InChI=1S/C16H20ClN3O2/c17-14-6-5-12(7-13(14)16(22)20-11-3-4-11)19-15(21)9-18-8-10-1-2-10/h5-7,10-11,18H,1-4,8-9H2,(H,19,21)(H,20,22). The van der Waals surface area contributed by atoms with Gasteiger partial charge in [0.25, 0.3) is 5.91 Å². The number of halogens is 1. The molecule has 1 aromatic rings. The minimum atomic E-state index is -0.185. The molecule has 3 N–H and O–H groups in total. The molecule has 1 aromatic carbocycles. The highest BCUT2D eigenvalue weighted by Crippen LogP contribution is 2.27. The van der Waals surface area contributed by atoms with Crippen LogP contribution >= 0.6 is 11.6 Å². The molecule has 0 bridgehead atoms. The fourth-order valence-electron chi connectivity index (χ4n) is 2.18. The molecule has 2 saturated carbocycles. The van der Waals surface area contributed by atoms with Crippen molar-refractivity contribution in [1.29, 1.82) is 0 Å². The largest absolute Gasteiger partial charge is 0.349 e. The number of nitrogens with one attached hydrogen (secondary N) is 3. The van der Waals surface area contributed by atoms with E-state index in [1.807, 2.05) is 0 Å². The fraction of sp³-hybridized carbons (Fsp3) is 0.500. The number of benzene rings is 1. The van der Waals surface area contributed by atoms with E-state index in [9.17, 15) is 9.59 Å². The molecule has 0 saturated heterocycles. The summed E-state index contributed by atoms with van der Waals surface area (Å²) in [6, 6.07) is 5.23. The van der Waals surface area contributed by atoms with Crippen LogP contribution in [0.4, 0.5) is 5.69 Å². The highest BCUT2D eigenvalue weighted by atomic mass is 35.5. The summed E-state index contributed by atoms with van der Waals surface area (Å²) in [6.45, 7) is 1.17. The van der Waals surface area contributed by atoms with Crippen molar-refractivity contribution in [1.82, 2.24) is 10.6 Å². The van der Waals surface area contributed by atoms with Crippen LogP contribution in [0.25, 0.3) is 0 Å². The molecule has 5 nitrogen and oxygen atoms in total. The van der Waals surface area contributed by atoms with Crippen LogP contribution in [0.2, 0.25) is 5.02 Å². The fourth-order valence-corrected chi connectivity index (χ4v) is 2.39. The van der Waals surface area contributed by atoms with E-state index in [4.69, 9.17) is 11.6 Å². The Hall–Kier alpha value is -1.59. The molecule has 0 radical (unpaired) electrons. The summed E-state index contributed by atoms with van der Waals surface area (Å²) >= 11 is 6.07. The van der Waals surface area contributed by atoms with E-state index in [0.717, 1.165) is 25.3 Å². The van der Waals surface area contributed by atoms with Crippen LogP contribution in [0, 0.1) is 5.92 Å². The van der Waals surface area contributed by atoms with Gasteiger partial charge in [-0.3, -0.25) is 9.59 Å². The van der Waals surface area contributed by atoms with Gasteiger partial charge in [0.15, 0.2) is 0 Å². The van der Waals surface area contributed by atoms with Gasteiger partial charge < -0.3 is 16.0 Å². The molecule has 0 unspecified atom stereocenters. The molecule has 2 fully saturated rings. The topological polar surface area (TPSA) is 70.2 Å². The molecule has 3 rings (SSSR count). The van der Waals surface area contributed by atoms with Crippen LogP contribution in [0.3, 0.4) is 0 Å². The maximum atomic E-state index is 12.1. The van der Waals surface area contributed by atoms with Crippen LogP contribution in [0.5, 0.6) is 0 Å². The average molecular weight is 322 g/mol. The highest BCUT2D eigenvalue weighted by molar-refractivity contribution is 6.34. The predicted octanol–water partition coefficient (Wildman–Crippen LogP) is 2.17. The number of amides is 2. The smallest absolute Gasteiger partial charge is 0.253 e. The van der Waals surface area contributed by atoms with Crippen LogP contribution < -0.4 is 16.0 Å². The van der Waals surface area contributed by atoms with Gasteiger partial charge in [-0.15, -0.1) is 0 Å². The van der Waals surface area contributed by atoms with E-state index in [0.29, 0.717) is 16.3 Å². The van der Waals surface area contributed by atoms with E-state index in [2.05, 4.69) is 16.0 Å². The van der Waals surface area contributed by atoms with E-state index >= 15 is 0 Å². The molecule has 6 heteroatoms. The lowest BCUT2D eigenvalue weighted by molar-refractivity contribution is -0.115. The number of hydrogen-bond donors (Lipinski definition) is 3. The second-order valence-electron chi connectivity index (χ2n) is 6.06. The van der Waals surface area contributed by atoms with Crippen LogP contribution in [-0.2, 0) is 4.79 Å². The van der Waals surface area contributed by atoms with Gasteiger partial charge in [0.05, 0.1) is 17.1 Å². The minimum absolute atomic E-state index is 0.114. The number of carbonyl (C=O) groups is 2. The van der Waals surface area contributed by atoms with E-state index < -0.39 is 0 Å². The highest BCUT2D eigenvalue weighted by Gasteiger charge is 2.25. The Labute approximate surface area is 134 Å². The van der Waals surface area contributed by atoms with Gasteiger partial charge in [0.2, 0.25) is 5.91 Å². The summed E-state index contributed by atoms with van der Waals surface area (Å²) < 4.78 is 0. The van der Waals surface area contributed by atoms with E-state index in [1.165, 1.54) is 12.8 Å². The summed E-state index contributed by atoms with van der Waals surface area (Å²) in [5, 5.41) is 9.21. The summed E-state index contributed by atoms with van der Waals surface area (Å²) in [6.07, 6.45) is 4.55. The molecule has 2 aliphatic rings. The zero-order valence-electron chi connectivity index (χ0n) is 12.3. The molecule has 0 heterocycles. The first-order chi connectivity index (χ1) is 10.6. The lowest BCUT2D eigenvalue weighted by Crippen LogP contribution is -2.29. The molecular formula is C16H20ClN3O2. The third kappa shape index (κ3) is 4.45. The third-order valence-corrected chi connectivity index (χ3v) is 4.15. The Bertz CT molecular complexity index is 583. The second-order valence-corrected chi connectivity index (χ2v) is 6.47. The van der Waals surface area contributed by atoms with Gasteiger partial charge in [-0.2, -0.15) is 0 Å². The molecule has 22 heavy (non-hydrogen) atoms. The summed E-state index contributed by atoms with van der Waals surface area (Å²) in [7, 11) is 0. The lowest BCUT2D eigenvalue weighted by Gasteiger charge is -2.10. The van der Waals surface area contributed by atoms with Crippen molar-refractivity contribution in [3.63, 3.8) is 0 Å². The molecule has 0 atom stereocenters. The lowest BCUT2D eigenvalue weighted by atomic mass is 10.2. The zero-order valence-corrected chi connectivity index (χ0v) is 13.1. The predicted molar refractivity (Wildman–Crippen MR) is 86.2 cm³/mol. The summed E-state index contributed by atoms with van der Waals surface area (Å²) in [5.74, 6) is 0.438. The van der Waals surface area contributed by atoms with Gasteiger partial charge >= 0.3 is 0 Å². The molecule has 0 spiro atoms. The monoisotopic (exact) mass is 321 g/mol. The Kier molecular flexibility index (Phi) is 4.64. The first-order valence-electron chi connectivity index (χ1n) is 7.73. The Morgan fingerprint density at radius 3 is 2.64 bits per heavy atom. The van der Waals surface area contributed by atoms with Crippen molar-refractivity contribution in [3.8, 4) is 0 Å². The SMILES string of the molecule is O=C(CNCC1CC1)Nc1ccc(Cl)c(C(=O)NC2CC2)c1. The normalized spacial score (nSPS) is 17.1. The second kappa shape index (κ2) is 6.67. The van der Waals surface area contributed by atoms with Crippen LogP contribution in [0.15, 0.2) is 18.2 Å². The number of rotatable bonds is 7. The Balaban J connectivity index is 1.55. The summed E-state index contributed by atoms with van der Waals surface area (Å²) in [4.78, 5) is 23.9. The summed E-state index contributed by atoms with van der Waals surface area (Å²) in [5.41, 5.74) is 0.987. The molecule has 118 valence electrons. The molecule has 0 aromatic heterocycles. The first kappa shape index (κ1) is 15.3. The quantitative estimate of drug-likeness (QED) is 0.721. The maximum Gasteiger partial charge on any atom is 0.253 e. The van der Waals surface area contributed by atoms with Crippen molar-refractivity contribution in [3.05, 3.63) is 28.8 Å². The van der Waals surface area contributed by atoms with E-state index in [1.54, 1.807) is 18.2 Å². The van der Waals surface area contributed by atoms with Gasteiger partial charge in [-0.25, -0.2) is 0 Å². The Morgan fingerprint density at radius 2 is 1.95 bits per heavy atom. The van der Waals surface area contributed by atoms with E-state index in [-0.39, 0.29) is 24.4 Å². The minimum Gasteiger partial charge on any atom is -0.349 e. The first-order valence-corrected chi connectivity index (χ1v) is 8.10. The maximum absolute atomic E-state index is 12.1. The zero-order chi connectivity index (χ0) is 15.5. The van der Waals surface area contributed by atoms with Gasteiger partial charge in [-0.1, -0.05) is 11.6 Å². The van der Waals surface area contributed by atoms with Gasteiger partial charge in [0.1, 0.15) is 0 Å². The van der Waals surface area contributed by atoms with Crippen LogP contribution in [-0.4, -0.2) is 30.9 Å². The third-order valence-electron chi connectivity index (χ3n) is 3.82. The van der Waals surface area contributed by atoms with Crippen LogP contribution in [0.1, 0.15) is 36.0 Å². The molecular weight excluding hydrogens is 302 g/mol. The number of anilines is 1. The number of hydrogen-bond acceptors (Lipinski definition) is 3.